The van der Waals surface area contributed by atoms with Crippen molar-refractivity contribution in [1.82, 2.24) is 15.0 Å². The highest BCUT2D eigenvalue weighted by Gasteiger charge is 2.24. The zero-order chi connectivity index (χ0) is 21.6. The molecule has 10 nitrogen and oxygen atoms in total. The molecule has 30 heavy (non-hydrogen) atoms. The van der Waals surface area contributed by atoms with E-state index in [2.05, 4.69) is 15.6 Å². The monoisotopic (exact) mass is 427 g/mol. The number of nitrogens with one attached hydrogen (secondary N) is 1. The SMILES string of the molecule is CCC(C(=O)[O-])n1nnc2ccc(Nc3c(C)[n+]([O-])c4ccc(Cl)cc4[n+]3[O-])cc21. The van der Waals surface area contributed by atoms with Crippen molar-refractivity contribution < 1.29 is 19.4 Å². The van der Waals surface area contributed by atoms with Crippen LogP contribution < -0.4 is 19.9 Å². The van der Waals surface area contributed by atoms with Gasteiger partial charge in [0.05, 0.1) is 17.5 Å². The van der Waals surface area contributed by atoms with Crippen molar-refractivity contribution in [2.24, 2.45) is 0 Å². The van der Waals surface area contributed by atoms with Gasteiger partial charge >= 0.3 is 5.82 Å². The highest BCUT2D eigenvalue weighted by Crippen LogP contribution is 2.25. The van der Waals surface area contributed by atoms with E-state index in [1.165, 1.54) is 29.8 Å². The van der Waals surface area contributed by atoms with Gasteiger partial charge in [0.1, 0.15) is 11.2 Å². The molecule has 4 aromatic rings. The molecule has 11 heteroatoms. The summed E-state index contributed by atoms with van der Waals surface area (Å²) in [6.07, 6.45) is 0.264. The van der Waals surface area contributed by atoms with E-state index in [1.807, 2.05) is 0 Å². The van der Waals surface area contributed by atoms with Crippen molar-refractivity contribution in [2.75, 3.05) is 5.32 Å². The molecular weight excluding hydrogens is 412 g/mol. The van der Waals surface area contributed by atoms with Gasteiger partial charge in [-0.1, -0.05) is 23.7 Å². The van der Waals surface area contributed by atoms with Gasteiger partial charge in [-0.15, -0.1) is 5.10 Å². The third-order valence-electron chi connectivity index (χ3n) is 4.91. The lowest BCUT2D eigenvalue weighted by molar-refractivity contribution is -0.623. The second-order valence-electron chi connectivity index (χ2n) is 6.76. The van der Waals surface area contributed by atoms with E-state index in [-0.39, 0.29) is 29.0 Å². The predicted octanol–water partition coefficient (Wildman–Crippen LogP) is 1.26. The van der Waals surface area contributed by atoms with Crippen molar-refractivity contribution in [3.05, 3.63) is 57.5 Å². The van der Waals surface area contributed by atoms with Gasteiger partial charge in [0.15, 0.2) is 0 Å². The van der Waals surface area contributed by atoms with Gasteiger partial charge in [-0.3, -0.25) is 0 Å². The first kappa shape index (κ1) is 19.6. The molecule has 2 aromatic heterocycles. The standard InChI is InChI=1S/C19H17ClN6O4/c1-3-14(19(27)28)24-16-9-12(5-6-13(16)22-23-24)21-18-10(2)25(29)15-7-4-11(20)8-17(15)26(18)30/h4-9,14,21H,3H2,1-2H3,(H,27,28)/p-1. The molecule has 0 fully saturated rings. The van der Waals surface area contributed by atoms with E-state index in [0.717, 1.165) is 0 Å². The summed E-state index contributed by atoms with van der Waals surface area (Å²) in [5.41, 5.74) is 1.85. The van der Waals surface area contributed by atoms with Crippen LogP contribution in [0.5, 0.6) is 0 Å². The molecule has 0 radical (unpaired) electrons. The number of fused-ring (bicyclic) bond motifs is 2. The first-order valence-corrected chi connectivity index (χ1v) is 9.47. The highest BCUT2D eigenvalue weighted by molar-refractivity contribution is 6.31. The molecule has 1 atom stereocenters. The number of carboxylic acid groups (broad SMARTS) is 1. The van der Waals surface area contributed by atoms with E-state index < -0.39 is 12.0 Å². The molecule has 4 rings (SSSR count). The van der Waals surface area contributed by atoms with Crippen LogP contribution in [-0.4, -0.2) is 21.0 Å². The Morgan fingerprint density at radius 1 is 1.20 bits per heavy atom. The second-order valence-corrected chi connectivity index (χ2v) is 7.20. The summed E-state index contributed by atoms with van der Waals surface area (Å²) in [6.45, 7) is 3.22. The number of aliphatic carboxylic acids is 1. The van der Waals surface area contributed by atoms with Crippen molar-refractivity contribution >= 4 is 51.1 Å². The maximum atomic E-state index is 12.9. The molecule has 1 unspecified atom stereocenters. The number of benzene rings is 2. The lowest BCUT2D eigenvalue weighted by Crippen LogP contribution is -2.43. The minimum atomic E-state index is -1.27. The first-order chi connectivity index (χ1) is 14.3. The minimum Gasteiger partial charge on any atom is -0.710 e. The number of nitrogens with zero attached hydrogens (tertiary/aromatic N) is 5. The van der Waals surface area contributed by atoms with Crippen molar-refractivity contribution in [1.29, 1.82) is 0 Å². The topological polar surface area (TPSA) is 137 Å². The predicted molar refractivity (Wildman–Crippen MR) is 107 cm³/mol. The van der Waals surface area contributed by atoms with Crippen molar-refractivity contribution in [3.63, 3.8) is 0 Å². The maximum Gasteiger partial charge on any atom is 0.352 e. The summed E-state index contributed by atoms with van der Waals surface area (Å²) in [5, 5.41) is 48.1. The highest BCUT2D eigenvalue weighted by atomic mass is 35.5. The molecule has 0 aliphatic rings. The fraction of sp³-hybridized carbons (Fsp3) is 0.211. The molecule has 0 aliphatic carbocycles. The number of aromatic nitrogens is 5. The van der Waals surface area contributed by atoms with Crippen LogP contribution in [0, 0.1) is 17.3 Å². The summed E-state index contributed by atoms with van der Waals surface area (Å²) >= 11 is 5.98. The largest absolute Gasteiger partial charge is 0.710 e. The molecule has 2 aromatic carbocycles. The molecule has 154 valence electrons. The Hall–Kier alpha value is -3.66. The van der Waals surface area contributed by atoms with Crippen molar-refractivity contribution in [3.8, 4) is 0 Å². The first-order valence-electron chi connectivity index (χ1n) is 9.09. The molecule has 2 heterocycles. The van der Waals surface area contributed by atoms with E-state index >= 15 is 0 Å². The Morgan fingerprint density at radius 3 is 2.67 bits per heavy atom. The van der Waals surface area contributed by atoms with Crippen LogP contribution in [-0.2, 0) is 4.79 Å². The third kappa shape index (κ3) is 3.11. The van der Waals surface area contributed by atoms with Crippen LogP contribution >= 0.6 is 11.6 Å². The summed E-state index contributed by atoms with van der Waals surface area (Å²) in [6, 6.07) is 8.34. The maximum absolute atomic E-state index is 12.9. The van der Waals surface area contributed by atoms with Crippen LogP contribution in [0.15, 0.2) is 36.4 Å². The average Bonchev–Trinajstić information content (AvgIpc) is 3.13. The summed E-state index contributed by atoms with van der Waals surface area (Å²) in [5.74, 6) is -1.25. The quantitative estimate of drug-likeness (QED) is 0.374. The molecule has 0 aliphatic heterocycles. The smallest absolute Gasteiger partial charge is 0.352 e. The number of carboxylic acids is 1. The summed E-state index contributed by atoms with van der Waals surface area (Å²) in [4.78, 5) is 11.4. The Balaban J connectivity index is 1.83. The number of hydrogen-bond acceptors (Lipinski definition) is 7. The summed E-state index contributed by atoms with van der Waals surface area (Å²) in [7, 11) is 0. The van der Waals surface area contributed by atoms with Gasteiger partial charge in [-0.25, -0.2) is 14.7 Å². The summed E-state index contributed by atoms with van der Waals surface area (Å²) < 4.78 is 2.51. The second kappa shape index (κ2) is 7.30. The van der Waals surface area contributed by atoms with E-state index in [9.17, 15) is 20.3 Å². The Bertz CT molecular complexity index is 1310. The molecule has 0 saturated heterocycles. The number of anilines is 2. The van der Waals surface area contributed by atoms with Gasteiger partial charge < -0.3 is 20.3 Å². The normalized spacial score (nSPS) is 12.4. The molecule has 1 N–H and O–H groups in total. The van der Waals surface area contributed by atoms with Gasteiger partial charge in [0, 0.05) is 30.1 Å². The number of carbonyl (C=O) groups excluding carboxylic acids is 1. The number of halogens is 1. The number of hydrogen-bond donors (Lipinski definition) is 1. The molecular formula is C19H16ClN6O4-. The van der Waals surface area contributed by atoms with Crippen LogP contribution in [0.3, 0.4) is 0 Å². The van der Waals surface area contributed by atoms with Crippen LogP contribution in [0.4, 0.5) is 11.5 Å². The Kier molecular flexibility index (Phi) is 4.78. The van der Waals surface area contributed by atoms with Crippen LogP contribution in [0.1, 0.15) is 25.1 Å². The zero-order valence-corrected chi connectivity index (χ0v) is 16.8. The fourth-order valence-corrected chi connectivity index (χ4v) is 3.50. The molecule has 0 saturated carbocycles. The minimum absolute atomic E-state index is 0.0186. The molecule has 0 spiro atoms. The lowest BCUT2D eigenvalue weighted by Gasteiger charge is -2.17. The van der Waals surface area contributed by atoms with Crippen molar-refractivity contribution in [2.45, 2.75) is 26.3 Å². The van der Waals surface area contributed by atoms with E-state index in [1.54, 1.807) is 25.1 Å². The van der Waals surface area contributed by atoms with E-state index in [4.69, 9.17) is 11.6 Å². The van der Waals surface area contributed by atoms with Crippen LogP contribution in [0.25, 0.3) is 22.1 Å². The Labute approximate surface area is 175 Å². The molecule has 0 amide bonds. The van der Waals surface area contributed by atoms with Crippen LogP contribution in [0.2, 0.25) is 5.02 Å². The third-order valence-corrected chi connectivity index (χ3v) is 5.15. The average molecular weight is 428 g/mol. The molecule has 0 bridgehead atoms. The van der Waals surface area contributed by atoms with Gasteiger partial charge in [0.2, 0.25) is 5.52 Å². The zero-order valence-electron chi connectivity index (χ0n) is 16.0. The van der Waals surface area contributed by atoms with Gasteiger partial charge in [0.25, 0.3) is 11.2 Å². The Morgan fingerprint density at radius 2 is 1.97 bits per heavy atom. The van der Waals surface area contributed by atoms with Gasteiger partial charge in [-0.05, 0) is 24.6 Å². The van der Waals surface area contributed by atoms with Gasteiger partial charge in [-0.2, -0.15) is 4.73 Å². The number of carbonyl (C=O) groups is 1. The number of rotatable bonds is 5. The van der Waals surface area contributed by atoms with E-state index in [0.29, 0.717) is 31.2 Å². The lowest BCUT2D eigenvalue weighted by atomic mass is 10.2. The fourth-order valence-electron chi connectivity index (χ4n) is 3.34.